The number of aromatic nitrogens is 2. The van der Waals surface area contributed by atoms with Crippen LogP contribution in [0, 0.1) is 5.92 Å². The Kier molecular flexibility index (Phi) is 5.73. The first-order chi connectivity index (χ1) is 8.21. The molecule has 1 aromatic heterocycles. The minimum absolute atomic E-state index is 0.427. The maximum atomic E-state index is 4.47. The van der Waals surface area contributed by atoms with Crippen LogP contribution in [-0.4, -0.2) is 22.6 Å². The van der Waals surface area contributed by atoms with Crippen molar-refractivity contribution in [2.24, 2.45) is 5.92 Å². The van der Waals surface area contributed by atoms with Crippen LogP contribution in [-0.2, 0) is 0 Å². The standard InChI is InChI=1S/C13H24N4/c1-5-11(6-2)10(4)16-13-9-14-8-12(17-13)15-7-3/h8-11H,5-7H2,1-4H3,(H2,15,16,17). The lowest BCUT2D eigenvalue weighted by molar-refractivity contribution is 0.437. The van der Waals surface area contributed by atoms with E-state index in [1.807, 2.05) is 0 Å². The smallest absolute Gasteiger partial charge is 0.147 e. The van der Waals surface area contributed by atoms with E-state index >= 15 is 0 Å². The highest BCUT2D eigenvalue weighted by Crippen LogP contribution is 2.17. The molecule has 0 aliphatic carbocycles. The van der Waals surface area contributed by atoms with Crippen LogP contribution in [0.25, 0.3) is 0 Å². The first-order valence-corrected chi connectivity index (χ1v) is 6.53. The molecular formula is C13H24N4. The molecule has 0 fully saturated rings. The average molecular weight is 236 g/mol. The molecule has 0 spiro atoms. The Labute approximate surface area is 104 Å². The second kappa shape index (κ2) is 7.09. The third-order valence-electron chi connectivity index (χ3n) is 3.12. The quantitative estimate of drug-likeness (QED) is 0.763. The number of hydrogen-bond acceptors (Lipinski definition) is 4. The van der Waals surface area contributed by atoms with Gasteiger partial charge in [0.25, 0.3) is 0 Å². The highest BCUT2D eigenvalue weighted by atomic mass is 15.1. The molecule has 0 bridgehead atoms. The molecule has 0 aliphatic rings. The normalized spacial score (nSPS) is 12.5. The first kappa shape index (κ1) is 13.7. The van der Waals surface area contributed by atoms with Crippen LogP contribution in [0.2, 0.25) is 0 Å². The van der Waals surface area contributed by atoms with Gasteiger partial charge in [0.15, 0.2) is 0 Å². The number of anilines is 2. The molecule has 1 heterocycles. The van der Waals surface area contributed by atoms with Gasteiger partial charge in [-0.05, 0) is 19.8 Å². The van der Waals surface area contributed by atoms with E-state index in [2.05, 4.69) is 48.3 Å². The molecule has 0 saturated heterocycles. The molecule has 0 radical (unpaired) electrons. The van der Waals surface area contributed by atoms with Gasteiger partial charge in [-0.2, -0.15) is 0 Å². The van der Waals surface area contributed by atoms with E-state index in [4.69, 9.17) is 0 Å². The second-order valence-electron chi connectivity index (χ2n) is 4.33. The van der Waals surface area contributed by atoms with Gasteiger partial charge in [-0.1, -0.05) is 26.7 Å². The minimum Gasteiger partial charge on any atom is -0.369 e. The van der Waals surface area contributed by atoms with Gasteiger partial charge in [0.05, 0.1) is 12.4 Å². The summed E-state index contributed by atoms with van der Waals surface area (Å²) in [6.07, 6.45) is 5.90. The molecule has 0 aromatic carbocycles. The molecule has 1 aromatic rings. The van der Waals surface area contributed by atoms with E-state index < -0.39 is 0 Å². The van der Waals surface area contributed by atoms with Crippen LogP contribution in [0.15, 0.2) is 12.4 Å². The largest absolute Gasteiger partial charge is 0.369 e. The van der Waals surface area contributed by atoms with Crippen molar-refractivity contribution in [3.8, 4) is 0 Å². The van der Waals surface area contributed by atoms with E-state index in [0.717, 1.165) is 18.2 Å². The zero-order chi connectivity index (χ0) is 12.7. The highest BCUT2D eigenvalue weighted by molar-refractivity contribution is 5.41. The molecule has 1 unspecified atom stereocenters. The average Bonchev–Trinajstić information content (AvgIpc) is 2.31. The lowest BCUT2D eigenvalue weighted by Gasteiger charge is -2.22. The molecular weight excluding hydrogens is 212 g/mol. The molecule has 96 valence electrons. The van der Waals surface area contributed by atoms with E-state index in [1.54, 1.807) is 12.4 Å². The van der Waals surface area contributed by atoms with Gasteiger partial charge in [-0.15, -0.1) is 0 Å². The summed E-state index contributed by atoms with van der Waals surface area (Å²) in [6, 6.07) is 0.427. The van der Waals surface area contributed by atoms with Crippen molar-refractivity contribution in [1.29, 1.82) is 0 Å². The summed E-state index contributed by atoms with van der Waals surface area (Å²) in [7, 11) is 0. The Morgan fingerprint density at radius 1 is 1.12 bits per heavy atom. The van der Waals surface area contributed by atoms with Crippen molar-refractivity contribution in [2.45, 2.75) is 46.6 Å². The zero-order valence-electron chi connectivity index (χ0n) is 11.3. The summed E-state index contributed by atoms with van der Waals surface area (Å²) in [5.41, 5.74) is 0. The van der Waals surface area contributed by atoms with Gasteiger partial charge in [0.2, 0.25) is 0 Å². The Morgan fingerprint density at radius 2 is 1.76 bits per heavy atom. The summed E-state index contributed by atoms with van der Waals surface area (Å²) in [4.78, 5) is 8.65. The lowest BCUT2D eigenvalue weighted by atomic mass is 9.96. The van der Waals surface area contributed by atoms with Gasteiger partial charge < -0.3 is 10.6 Å². The van der Waals surface area contributed by atoms with E-state index in [1.165, 1.54) is 12.8 Å². The summed E-state index contributed by atoms with van der Waals surface area (Å²) in [6.45, 7) is 9.58. The van der Waals surface area contributed by atoms with E-state index in [0.29, 0.717) is 12.0 Å². The summed E-state index contributed by atoms with van der Waals surface area (Å²) < 4.78 is 0. The Hall–Kier alpha value is -1.32. The van der Waals surface area contributed by atoms with Crippen LogP contribution in [0.3, 0.4) is 0 Å². The maximum Gasteiger partial charge on any atom is 0.147 e. The molecule has 4 nitrogen and oxygen atoms in total. The fraction of sp³-hybridized carbons (Fsp3) is 0.692. The first-order valence-electron chi connectivity index (χ1n) is 6.53. The van der Waals surface area contributed by atoms with Crippen LogP contribution in [0.5, 0.6) is 0 Å². The maximum absolute atomic E-state index is 4.47. The fourth-order valence-electron chi connectivity index (χ4n) is 2.05. The SMILES string of the molecule is CCNc1cncc(NC(C)C(CC)CC)n1. The summed E-state index contributed by atoms with van der Waals surface area (Å²) in [5.74, 6) is 2.36. The minimum atomic E-state index is 0.427. The third-order valence-corrected chi connectivity index (χ3v) is 3.12. The number of nitrogens with zero attached hydrogens (tertiary/aromatic N) is 2. The van der Waals surface area contributed by atoms with Crippen LogP contribution in [0.1, 0.15) is 40.5 Å². The van der Waals surface area contributed by atoms with Crippen molar-refractivity contribution < 1.29 is 0 Å². The Bertz CT molecular complexity index is 323. The predicted octanol–water partition coefficient (Wildman–Crippen LogP) is 3.15. The monoisotopic (exact) mass is 236 g/mol. The molecule has 0 saturated carbocycles. The second-order valence-corrected chi connectivity index (χ2v) is 4.33. The van der Waals surface area contributed by atoms with Gasteiger partial charge in [-0.25, -0.2) is 4.98 Å². The molecule has 1 atom stereocenters. The summed E-state index contributed by atoms with van der Waals surface area (Å²) in [5, 5.41) is 6.59. The lowest BCUT2D eigenvalue weighted by Crippen LogP contribution is -2.25. The fourth-order valence-corrected chi connectivity index (χ4v) is 2.05. The molecule has 0 aliphatic heterocycles. The highest BCUT2D eigenvalue weighted by Gasteiger charge is 2.13. The third kappa shape index (κ3) is 4.21. The van der Waals surface area contributed by atoms with Crippen LogP contribution in [0.4, 0.5) is 11.6 Å². The molecule has 0 amide bonds. The Balaban J connectivity index is 2.63. The van der Waals surface area contributed by atoms with Crippen molar-refractivity contribution >= 4 is 11.6 Å². The number of hydrogen-bond donors (Lipinski definition) is 2. The zero-order valence-corrected chi connectivity index (χ0v) is 11.3. The topological polar surface area (TPSA) is 49.8 Å². The molecule has 4 heteroatoms. The van der Waals surface area contributed by atoms with Crippen molar-refractivity contribution in [2.75, 3.05) is 17.2 Å². The molecule has 1 rings (SSSR count). The van der Waals surface area contributed by atoms with Crippen molar-refractivity contribution in [3.05, 3.63) is 12.4 Å². The van der Waals surface area contributed by atoms with Crippen LogP contribution >= 0.6 is 0 Å². The molecule has 2 N–H and O–H groups in total. The van der Waals surface area contributed by atoms with Crippen LogP contribution < -0.4 is 10.6 Å². The van der Waals surface area contributed by atoms with Crippen molar-refractivity contribution in [3.63, 3.8) is 0 Å². The molecule has 17 heavy (non-hydrogen) atoms. The predicted molar refractivity (Wildman–Crippen MR) is 73.4 cm³/mol. The van der Waals surface area contributed by atoms with E-state index in [9.17, 15) is 0 Å². The summed E-state index contributed by atoms with van der Waals surface area (Å²) >= 11 is 0. The number of nitrogens with one attached hydrogen (secondary N) is 2. The van der Waals surface area contributed by atoms with Gasteiger partial charge in [-0.3, -0.25) is 4.98 Å². The van der Waals surface area contributed by atoms with Gasteiger partial charge in [0, 0.05) is 12.6 Å². The number of rotatable bonds is 7. The van der Waals surface area contributed by atoms with Gasteiger partial charge >= 0.3 is 0 Å². The Morgan fingerprint density at radius 3 is 2.35 bits per heavy atom. The van der Waals surface area contributed by atoms with Crippen molar-refractivity contribution in [1.82, 2.24) is 9.97 Å². The van der Waals surface area contributed by atoms with E-state index in [-0.39, 0.29) is 0 Å². The van der Waals surface area contributed by atoms with Gasteiger partial charge in [0.1, 0.15) is 11.6 Å².